The molecular formula is C14H20N4S2. The fraction of sp³-hybridized carbons (Fsp3) is 0.429. The van der Waals surface area contributed by atoms with Crippen molar-refractivity contribution in [1.29, 1.82) is 0 Å². The van der Waals surface area contributed by atoms with Crippen LogP contribution in [0, 0.1) is 6.92 Å². The van der Waals surface area contributed by atoms with E-state index in [0.29, 0.717) is 0 Å². The lowest BCUT2D eigenvalue weighted by Gasteiger charge is -2.09. The van der Waals surface area contributed by atoms with Crippen LogP contribution < -0.4 is 10.6 Å². The summed E-state index contributed by atoms with van der Waals surface area (Å²) >= 11 is 3.27. The van der Waals surface area contributed by atoms with Gasteiger partial charge in [-0.1, -0.05) is 35.2 Å². The lowest BCUT2D eigenvalue weighted by Crippen LogP contribution is -2.17. The van der Waals surface area contributed by atoms with Crippen molar-refractivity contribution in [1.82, 2.24) is 10.2 Å². The van der Waals surface area contributed by atoms with Gasteiger partial charge in [0.05, 0.1) is 0 Å². The molecule has 4 nitrogen and oxygen atoms in total. The molecule has 108 valence electrons. The average molecular weight is 308 g/mol. The van der Waals surface area contributed by atoms with Crippen LogP contribution in [0.1, 0.15) is 18.1 Å². The largest absolute Gasteiger partial charge is 0.353 e. The number of nitrogens with zero attached hydrogens (tertiary/aromatic N) is 3. The van der Waals surface area contributed by atoms with E-state index >= 15 is 0 Å². The molecule has 0 fully saturated rings. The van der Waals surface area contributed by atoms with Gasteiger partial charge in [0.15, 0.2) is 4.34 Å². The number of rotatable bonds is 5. The number of aryl methyl sites for hydroxylation is 1. The third kappa shape index (κ3) is 3.94. The molecule has 2 N–H and O–H groups in total. The predicted molar refractivity (Wildman–Crippen MR) is 86.9 cm³/mol. The standard InChI is InChI=1S/C14H20N4S2/c1-9-7-11(8-10(2)15)5-6-12(9)19-14-17-16-13(20-14)18(3)4/h5-7,10H,8,15H2,1-4H3. The fourth-order valence-corrected chi connectivity index (χ4v) is 3.63. The SMILES string of the molecule is Cc1cc(CC(C)N)ccc1Sc1nnc(N(C)C)s1. The van der Waals surface area contributed by atoms with Gasteiger partial charge < -0.3 is 10.6 Å². The van der Waals surface area contributed by atoms with Gasteiger partial charge in [-0.2, -0.15) is 0 Å². The maximum Gasteiger partial charge on any atom is 0.208 e. The second-order valence-corrected chi connectivity index (χ2v) is 7.37. The Morgan fingerprint density at radius 1 is 1.35 bits per heavy atom. The molecule has 1 atom stereocenters. The first-order chi connectivity index (χ1) is 9.45. The van der Waals surface area contributed by atoms with E-state index in [1.54, 1.807) is 23.1 Å². The van der Waals surface area contributed by atoms with Crippen molar-refractivity contribution in [2.75, 3.05) is 19.0 Å². The maximum absolute atomic E-state index is 5.84. The summed E-state index contributed by atoms with van der Waals surface area (Å²) in [6, 6.07) is 6.69. The van der Waals surface area contributed by atoms with Crippen LogP contribution in [-0.2, 0) is 6.42 Å². The summed E-state index contributed by atoms with van der Waals surface area (Å²) in [7, 11) is 3.95. The molecule has 0 aliphatic rings. The number of hydrogen-bond acceptors (Lipinski definition) is 6. The van der Waals surface area contributed by atoms with Gasteiger partial charge in [0.1, 0.15) is 0 Å². The quantitative estimate of drug-likeness (QED) is 0.920. The molecular weight excluding hydrogens is 288 g/mol. The molecule has 1 unspecified atom stereocenters. The van der Waals surface area contributed by atoms with Crippen LogP contribution >= 0.6 is 23.1 Å². The van der Waals surface area contributed by atoms with Crippen LogP contribution in [0.2, 0.25) is 0 Å². The molecule has 0 radical (unpaired) electrons. The average Bonchev–Trinajstić information content (AvgIpc) is 2.80. The molecule has 0 bridgehead atoms. The first-order valence-electron chi connectivity index (χ1n) is 6.49. The number of anilines is 1. The summed E-state index contributed by atoms with van der Waals surface area (Å²) < 4.78 is 0.969. The zero-order chi connectivity index (χ0) is 14.7. The molecule has 0 aliphatic carbocycles. The summed E-state index contributed by atoms with van der Waals surface area (Å²) in [4.78, 5) is 3.19. The molecule has 1 aromatic carbocycles. The minimum absolute atomic E-state index is 0.193. The van der Waals surface area contributed by atoms with E-state index in [9.17, 15) is 0 Å². The lowest BCUT2D eigenvalue weighted by molar-refractivity contribution is 0.737. The molecule has 0 saturated heterocycles. The Labute approximate surface area is 128 Å². The highest BCUT2D eigenvalue weighted by molar-refractivity contribution is 8.01. The van der Waals surface area contributed by atoms with Gasteiger partial charge in [-0.3, -0.25) is 0 Å². The van der Waals surface area contributed by atoms with E-state index in [1.165, 1.54) is 16.0 Å². The Morgan fingerprint density at radius 3 is 2.65 bits per heavy atom. The third-order valence-corrected chi connectivity index (χ3v) is 5.09. The monoisotopic (exact) mass is 308 g/mol. The number of benzene rings is 1. The van der Waals surface area contributed by atoms with Gasteiger partial charge >= 0.3 is 0 Å². The molecule has 20 heavy (non-hydrogen) atoms. The molecule has 0 saturated carbocycles. The number of hydrogen-bond donors (Lipinski definition) is 1. The summed E-state index contributed by atoms with van der Waals surface area (Å²) in [5.74, 6) is 0. The van der Waals surface area contributed by atoms with E-state index in [2.05, 4.69) is 35.3 Å². The molecule has 0 amide bonds. The molecule has 1 heterocycles. The van der Waals surface area contributed by atoms with Crippen molar-refractivity contribution in [3.8, 4) is 0 Å². The van der Waals surface area contributed by atoms with E-state index in [1.807, 2.05) is 25.9 Å². The van der Waals surface area contributed by atoms with Crippen LogP contribution in [0.5, 0.6) is 0 Å². The van der Waals surface area contributed by atoms with Crippen molar-refractivity contribution in [2.24, 2.45) is 5.73 Å². The zero-order valence-corrected chi connectivity index (χ0v) is 13.9. The van der Waals surface area contributed by atoms with Crippen LogP contribution in [0.3, 0.4) is 0 Å². The number of aromatic nitrogens is 2. The topological polar surface area (TPSA) is 55.0 Å². The van der Waals surface area contributed by atoms with Crippen LogP contribution in [0.4, 0.5) is 5.13 Å². The Bertz CT molecular complexity index is 578. The van der Waals surface area contributed by atoms with Gasteiger partial charge in [0, 0.05) is 25.0 Å². The molecule has 6 heteroatoms. The van der Waals surface area contributed by atoms with Gasteiger partial charge in [0.2, 0.25) is 5.13 Å². The highest BCUT2D eigenvalue weighted by atomic mass is 32.2. The molecule has 2 aromatic rings. The van der Waals surface area contributed by atoms with Crippen molar-refractivity contribution in [3.63, 3.8) is 0 Å². The highest BCUT2D eigenvalue weighted by Crippen LogP contribution is 2.34. The third-order valence-electron chi connectivity index (χ3n) is 2.77. The fourth-order valence-electron chi connectivity index (χ4n) is 1.84. The predicted octanol–water partition coefficient (Wildman–Crippen LogP) is 2.95. The van der Waals surface area contributed by atoms with Crippen molar-refractivity contribution in [2.45, 2.75) is 35.5 Å². The maximum atomic E-state index is 5.84. The van der Waals surface area contributed by atoms with E-state index in [-0.39, 0.29) is 6.04 Å². The Balaban J connectivity index is 2.12. The second kappa shape index (κ2) is 6.56. The van der Waals surface area contributed by atoms with Gasteiger partial charge in [-0.05, 0) is 37.5 Å². The number of nitrogens with two attached hydrogens (primary N) is 1. The van der Waals surface area contributed by atoms with Gasteiger partial charge in [-0.15, -0.1) is 10.2 Å². The van der Waals surface area contributed by atoms with Crippen LogP contribution in [0.15, 0.2) is 27.4 Å². The lowest BCUT2D eigenvalue weighted by atomic mass is 10.1. The van der Waals surface area contributed by atoms with Gasteiger partial charge in [0.25, 0.3) is 0 Å². The van der Waals surface area contributed by atoms with Crippen molar-refractivity contribution in [3.05, 3.63) is 29.3 Å². The summed E-state index contributed by atoms with van der Waals surface area (Å²) in [6.07, 6.45) is 0.912. The van der Waals surface area contributed by atoms with Gasteiger partial charge in [-0.25, -0.2) is 0 Å². The summed E-state index contributed by atoms with van der Waals surface area (Å²) in [6.45, 7) is 4.16. The smallest absolute Gasteiger partial charge is 0.208 e. The highest BCUT2D eigenvalue weighted by Gasteiger charge is 2.09. The Kier molecular flexibility index (Phi) is 5.01. The first-order valence-corrected chi connectivity index (χ1v) is 8.13. The van der Waals surface area contributed by atoms with Crippen molar-refractivity contribution < 1.29 is 0 Å². The van der Waals surface area contributed by atoms with E-state index in [4.69, 9.17) is 5.73 Å². The minimum Gasteiger partial charge on any atom is -0.353 e. The normalized spacial score (nSPS) is 12.4. The molecule has 0 spiro atoms. The Hall–Kier alpha value is -1.11. The van der Waals surface area contributed by atoms with Crippen LogP contribution in [-0.4, -0.2) is 30.3 Å². The zero-order valence-electron chi connectivity index (χ0n) is 12.3. The van der Waals surface area contributed by atoms with E-state index in [0.717, 1.165) is 15.9 Å². The summed E-state index contributed by atoms with van der Waals surface area (Å²) in [5.41, 5.74) is 8.39. The van der Waals surface area contributed by atoms with Crippen molar-refractivity contribution >= 4 is 28.2 Å². The molecule has 0 aliphatic heterocycles. The first kappa shape index (κ1) is 15.3. The van der Waals surface area contributed by atoms with Crippen LogP contribution in [0.25, 0.3) is 0 Å². The molecule has 2 rings (SSSR count). The molecule has 1 aromatic heterocycles. The minimum atomic E-state index is 0.193. The second-order valence-electron chi connectivity index (χ2n) is 5.13. The van der Waals surface area contributed by atoms with E-state index < -0.39 is 0 Å². The summed E-state index contributed by atoms with van der Waals surface area (Å²) in [5, 5.41) is 9.30. The Morgan fingerprint density at radius 2 is 2.10 bits per heavy atom.